The molecule has 0 spiro atoms. The number of thiazole rings is 1. The van der Waals surface area contributed by atoms with E-state index in [2.05, 4.69) is 26.7 Å². The van der Waals surface area contributed by atoms with E-state index >= 15 is 0 Å². The molecule has 3 heterocycles. The maximum atomic E-state index is 12.1. The Kier molecular flexibility index (Phi) is 4.12. The Morgan fingerprint density at radius 1 is 1.14 bits per heavy atom. The second-order valence-corrected chi connectivity index (χ2v) is 5.45. The molecular weight excluding hydrogens is 284 g/mol. The van der Waals surface area contributed by atoms with Crippen LogP contribution in [-0.2, 0) is 4.79 Å². The quantitative estimate of drug-likeness (QED) is 0.743. The van der Waals surface area contributed by atoms with E-state index in [-0.39, 0.29) is 5.91 Å². The molecule has 1 aliphatic rings. The van der Waals surface area contributed by atoms with Crippen LogP contribution in [0, 0.1) is 11.8 Å². The van der Waals surface area contributed by atoms with Crippen LogP contribution in [0.1, 0.15) is 5.56 Å². The van der Waals surface area contributed by atoms with Crippen LogP contribution >= 0.6 is 11.3 Å². The van der Waals surface area contributed by atoms with Crippen molar-refractivity contribution in [3.05, 3.63) is 41.7 Å². The highest BCUT2D eigenvalue weighted by atomic mass is 32.1. The summed E-state index contributed by atoms with van der Waals surface area (Å²) in [6, 6.07) is 3.58. The van der Waals surface area contributed by atoms with Crippen molar-refractivity contribution >= 4 is 22.4 Å². The number of aromatic nitrogens is 2. The van der Waals surface area contributed by atoms with Gasteiger partial charge in [0.15, 0.2) is 5.13 Å². The predicted molar refractivity (Wildman–Crippen MR) is 82.0 cm³/mol. The van der Waals surface area contributed by atoms with E-state index in [1.807, 2.05) is 5.38 Å². The molecule has 0 N–H and O–H groups in total. The van der Waals surface area contributed by atoms with Crippen LogP contribution in [0.15, 0.2) is 36.1 Å². The Morgan fingerprint density at radius 3 is 2.57 bits per heavy atom. The normalized spacial score (nSPS) is 14.5. The molecule has 6 heteroatoms. The number of anilines is 1. The first-order valence-corrected chi connectivity index (χ1v) is 7.56. The summed E-state index contributed by atoms with van der Waals surface area (Å²) in [7, 11) is 0. The maximum Gasteiger partial charge on any atom is 0.298 e. The largest absolute Gasteiger partial charge is 0.345 e. The molecule has 1 fully saturated rings. The second kappa shape index (κ2) is 6.37. The Balaban J connectivity index is 1.57. The number of amides is 1. The van der Waals surface area contributed by atoms with E-state index in [0.717, 1.165) is 23.8 Å². The number of carbonyl (C=O) groups excluding carboxylic acids is 1. The van der Waals surface area contributed by atoms with Crippen LogP contribution < -0.4 is 4.90 Å². The summed E-state index contributed by atoms with van der Waals surface area (Å²) in [6.45, 7) is 2.97. The van der Waals surface area contributed by atoms with Gasteiger partial charge in [0.2, 0.25) is 0 Å². The minimum atomic E-state index is -0.120. The predicted octanol–water partition coefficient (Wildman–Crippen LogP) is 1.24. The molecule has 0 radical (unpaired) electrons. The van der Waals surface area contributed by atoms with Crippen molar-refractivity contribution in [1.29, 1.82) is 0 Å². The molecule has 2 aromatic rings. The van der Waals surface area contributed by atoms with Gasteiger partial charge in [-0.1, -0.05) is 5.92 Å². The van der Waals surface area contributed by atoms with Crippen molar-refractivity contribution in [2.45, 2.75) is 0 Å². The summed E-state index contributed by atoms with van der Waals surface area (Å²) in [5.74, 6) is 5.45. The molecule has 0 bridgehead atoms. The van der Waals surface area contributed by atoms with Gasteiger partial charge >= 0.3 is 0 Å². The highest BCUT2D eigenvalue weighted by Crippen LogP contribution is 2.18. The molecule has 1 aliphatic heterocycles. The van der Waals surface area contributed by atoms with Gasteiger partial charge in [-0.15, -0.1) is 11.3 Å². The molecule has 2 aromatic heterocycles. The van der Waals surface area contributed by atoms with E-state index < -0.39 is 0 Å². The molecule has 5 nitrogen and oxygen atoms in total. The number of pyridine rings is 1. The van der Waals surface area contributed by atoms with Crippen molar-refractivity contribution in [2.75, 3.05) is 31.1 Å². The molecule has 1 amide bonds. The smallest absolute Gasteiger partial charge is 0.298 e. The first kappa shape index (κ1) is 13.6. The molecule has 0 aliphatic carbocycles. The number of hydrogen-bond donors (Lipinski definition) is 0. The maximum absolute atomic E-state index is 12.1. The van der Waals surface area contributed by atoms with Crippen LogP contribution in [-0.4, -0.2) is 47.0 Å². The Bertz CT molecular complexity index is 652. The summed E-state index contributed by atoms with van der Waals surface area (Å²) in [5.41, 5.74) is 0.805. The topological polar surface area (TPSA) is 49.3 Å². The lowest BCUT2D eigenvalue weighted by atomic mass is 10.2. The molecule has 3 rings (SSSR count). The van der Waals surface area contributed by atoms with Crippen LogP contribution in [0.3, 0.4) is 0 Å². The molecule has 0 atom stereocenters. The first-order valence-electron chi connectivity index (χ1n) is 6.68. The third-order valence-electron chi connectivity index (χ3n) is 3.25. The van der Waals surface area contributed by atoms with Crippen molar-refractivity contribution in [3.63, 3.8) is 0 Å². The van der Waals surface area contributed by atoms with E-state index in [4.69, 9.17) is 0 Å². The van der Waals surface area contributed by atoms with Gasteiger partial charge in [-0.25, -0.2) is 4.98 Å². The van der Waals surface area contributed by atoms with E-state index in [1.165, 1.54) is 0 Å². The lowest BCUT2D eigenvalue weighted by Crippen LogP contribution is -2.48. The van der Waals surface area contributed by atoms with E-state index in [9.17, 15) is 4.79 Å². The van der Waals surface area contributed by atoms with Crippen molar-refractivity contribution in [3.8, 4) is 11.8 Å². The minimum absolute atomic E-state index is 0.120. The first-order chi connectivity index (χ1) is 10.3. The lowest BCUT2D eigenvalue weighted by molar-refractivity contribution is -0.125. The average molecular weight is 298 g/mol. The second-order valence-electron chi connectivity index (χ2n) is 4.58. The summed E-state index contributed by atoms with van der Waals surface area (Å²) in [6.07, 6.45) is 5.14. The van der Waals surface area contributed by atoms with Crippen LogP contribution in [0.2, 0.25) is 0 Å². The Morgan fingerprint density at radius 2 is 1.90 bits per heavy atom. The van der Waals surface area contributed by atoms with Gasteiger partial charge in [-0.3, -0.25) is 9.78 Å². The zero-order valence-electron chi connectivity index (χ0n) is 11.4. The average Bonchev–Trinajstić information content (AvgIpc) is 3.08. The third kappa shape index (κ3) is 3.38. The highest BCUT2D eigenvalue weighted by Gasteiger charge is 2.21. The van der Waals surface area contributed by atoms with Crippen molar-refractivity contribution in [1.82, 2.24) is 14.9 Å². The third-order valence-corrected chi connectivity index (χ3v) is 4.08. The number of carbonyl (C=O) groups is 1. The number of hydrogen-bond acceptors (Lipinski definition) is 5. The Labute approximate surface area is 127 Å². The summed E-state index contributed by atoms with van der Waals surface area (Å²) in [4.78, 5) is 24.3. The summed E-state index contributed by atoms with van der Waals surface area (Å²) in [5, 5.41) is 2.98. The Hall–Kier alpha value is -2.39. The van der Waals surface area contributed by atoms with Crippen molar-refractivity contribution in [2.24, 2.45) is 0 Å². The van der Waals surface area contributed by atoms with Gasteiger partial charge in [0.1, 0.15) is 0 Å². The van der Waals surface area contributed by atoms with E-state index in [1.54, 1.807) is 47.0 Å². The zero-order valence-corrected chi connectivity index (χ0v) is 12.2. The number of piperazine rings is 1. The summed E-state index contributed by atoms with van der Waals surface area (Å²) >= 11 is 1.62. The zero-order chi connectivity index (χ0) is 14.5. The van der Waals surface area contributed by atoms with Crippen LogP contribution in [0.5, 0.6) is 0 Å². The fourth-order valence-electron chi connectivity index (χ4n) is 2.11. The van der Waals surface area contributed by atoms with Crippen LogP contribution in [0.4, 0.5) is 5.13 Å². The highest BCUT2D eigenvalue weighted by molar-refractivity contribution is 7.13. The van der Waals surface area contributed by atoms with Gasteiger partial charge in [-0.2, -0.15) is 0 Å². The minimum Gasteiger partial charge on any atom is -0.345 e. The molecule has 0 saturated carbocycles. The molecular formula is C15H14N4OS. The molecule has 0 unspecified atom stereocenters. The summed E-state index contributed by atoms with van der Waals surface area (Å²) < 4.78 is 0. The monoisotopic (exact) mass is 298 g/mol. The molecule has 21 heavy (non-hydrogen) atoms. The van der Waals surface area contributed by atoms with Gasteiger partial charge in [0, 0.05) is 61.6 Å². The van der Waals surface area contributed by atoms with Crippen LogP contribution in [0.25, 0.3) is 0 Å². The fourth-order valence-corrected chi connectivity index (χ4v) is 2.81. The van der Waals surface area contributed by atoms with Gasteiger partial charge < -0.3 is 9.80 Å². The molecule has 106 valence electrons. The van der Waals surface area contributed by atoms with Crippen molar-refractivity contribution < 1.29 is 4.79 Å². The lowest BCUT2D eigenvalue weighted by Gasteiger charge is -2.33. The van der Waals surface area contributed by atoms with Gasteiger partial charge in [0.05, 0.1) is 0 Å². The van der Waals surface area contributed by atoms with E-state index in [0.29, 0.717) is 13.1 Å². The van der Waals surface area contributed by atoms with Gasteiger partial charge in [-0.05, 0) is 12.1 Å². The molecule has 1 saturated heterocycles. The fraction of sp³-hybridized carbons (Fsp3) is 0.267. The number of nitrogens with zero attached hydrogens (tertiary/aromatic N) is 4. The number of rotatable bonds is 1. The van der Waals surface area contributed by atoms with Gasteiger partial charge in [0.25, 0.3) is 5.91 Å². The molecule has 0 aromatic carbocycles. The standard InChI is InChI=1S/C15H14N4OS/c20-14(2-1-13-3-5-16-6-4-13)18-8-10-19(11-9-18)15-17-7-12-21-15/h3-7,12H,8-11H2. The SMILES string of the molecule is O=C(C#Cc1ccncc1)N1CCN(c2nccs2)CC1.